The van der Waals surface area contributed by atoms with E-state index < -0.39 is 0 Å². The summed E-state index contributed by atoms with van der Waals surface area (Å²) in [6.07, 6.45) is 0. The highest BCUT2D eigenvalue weighted by Gasteiger charge is 2.19. The topological polar surface area (TPSA) is 47.6 Å². The second-order valence-corrected chi connectivity index (χ2v) is 4.42. The number of para-hydroxylation sites is 1. The summed E-state index contributed by atoms with van der Waals surface area (Å²) >= 11 is 1.40. The highest BCUT2D eigenvalue weighted by atomic mass is 32.1. The molecule has 3 rings (SSSR count). The second kappa shape index (κ2) is 4.10. The molecule has 0 aliphatic carbocycles. The van der Waals surface area contributed by atoms with Gasteiger partial charge in [-0.25, -0.2) is 0 Å². The Bertz CT molecular complexity index is 551. The lowest BCUT2D eigenvalue weighted by atomic mass is 10.2. The third kappa shape index (κ3) is 1.85. The van der Waals surface area contributed by atoms with Gasteiger partial charge in [-0.2, -0.15) is 0 Å². The van der Waals surface area contributed by atoms with Gasteiger partial charge in [-0.05, 0) is 23.6 Å². The van der Waals surface area contributed by atoms with Gasteiger partial charge in [0.2, 0.25) is 6.79 Å². The zero-order valence-corrected chi connectivity index (χ0v) is 9.62. The van der Waals surface area contributed by atoms with Gasteiger partial charge in [-0.1, -0.05) is 12.1 Å². The van der Waals surface area contributed by atoms with Crippen LogP contribution < -0.4 is 14.8 Å². The summed E-state index contributed by atoms with van der Waals surface area (Å²) in [5, 5.41) is 4.68. The van der Waals surface area contributed by atoms with Crippen LogP contribution in [0.1, 0.15) is 9.67 Å². The van der Waals surface area contributed by atoms with E-state index in [2.05, 4.69) is 5.32 Å². The van der Waals surface area contributed by atoms with E-state index in [1.54, 1.807) is 12.1 Å². The smallest absolute Gasteiger partial charge is 0.265 e. The van der Waals surface area contributed by atoms with E-state index in [1.807, 2.05) is 23.6 Å². The summed E-state index contributed by atoms with van der Waals surface area (Å²) in [5.74, 6) is 1.12. The van der Waals surface area contributed by atoms with Gasteiger partial charge in [0.05, 0.1) is 10.6 Å². The third-order valence-corrected chi connectivity index (χ3v) is 3.26. The molecule has 1 aliphatic rings. The number of rotatable bonds is 2. The molecule has 0 bridgehead atoms. The molecule has 0 fully saturated rings. The fourth-order valence-electron chi connectivity index (χ4n) is 1.62. The molecule has 86 valence electrons. The van der Waals surface area contributed by atoms with Crippen LogP contribution in [0.3, 0.4) is 0 Å². The first-order chi connectivity index (χ1) is 8.34. The number of ether oxygens (including phenoxy) is 2. The highest BCUT2D eigenvalue weighted by Crippen LogP contribution is 2.38. The number of carbonyl (C=O) groups is 1. The standard InChI is InChI=1S/C12H9NO3S/c14-12(10-5-2-6-17-10)13-8-3-1-4-9-11(8)16-7-15-9/h1-6H,7H2,(H,13,14). The Balaban J connectivity index is 1.87. The van der Waals surface area contributed by atoms with Crippen LogP contribution in [0.2, 0.25) is 0 Å². The summed E-state index contributed by atoms with van der Waals surface area (Å²) in [6, 6.07) is 9.04. The fraction of sp³-hybridized carbons (Fsp3) is 0.0833. The SMILES string of the molecule is O=C(Nc1cccc2c1OCO2)c1cccs1. The van der Waals surface area contributed by atoms with Crippen molar-refractivity contribution in [1.82, 2.24) is 0 Å². The van der Waals surface area contributed by atoms with Crippen LogP contribution in [-0.4, -0.2) is 12.7 Å². The van der Waals surface area contributed by atoms with Gasteiger partial charge < -0.3 is 14.8 Å². The van der Waals surface area contributed by atoms with E-state index in [9.17, 15) is 4.79 Å². The number of amides is 1. The van der Waals surface area contributed by atoms with Crippen molar-refractivity contribution in [3.8, 4) is 11.5 Å². The Kier molecular flexibility index (Phi) is 2.45. The molecule has 0 saturated carbocycles. The molecule has 17 heavy (non-hydrogen) atoms. The fourth-order valence-corrected chi connectivity index (χ4v) is 2.24. The maximum absolute atomic E-state index is 11.9. The van der Waals surface area contributed by atoms with E-state index in [0.29, 0.717) is 22.1 Å². The molecule has 2 aromatic rings. The molecule has 0 unspecified atom stereocenters. The lowest BCUT2D eigenvalue weighted by Crippen LogP contribution is -2.10. The lowest BCUT2D eigenvalue weighted by molar-refractivity contribution is 0.102. The van der Waals surface area contributed by atoms with E-state index in [0.717, 1.165) is 0 Å². The lowest BCUT2D eigenvalue weighted by Gasteiger charge is -2.06. The predicted octanol–water partition coefficient (Wildman–Crippen LogP) is 2.73. The van der Waals surface area contributed by atoms with E-state index in [4.69, 9.17) is 9.47 Å². The maximum Gasteiger partial charge on any atom is 0.265 e. The van der Waals surface area contributed by atoms with Crippen molar-refractivity contribution >= 4 is 22.9 Å². The largest absolute Gasteiger partial charge is 0.454 e. The minimum atomic E-state index is -0.135. The molecule has 1 aromatic heterocycles. The van der Waals surface area contributed by atoms with Crippen molar-refractivity contribution in [3.05, 3.63) is 40.6 Å². The number of hydrogen-bond donors (Lipinski definition) is 1. The van der Waals surface area contributed by atoms with Crippen LogP contribution in [0.25, 0.3) is 0 Å². The molecule has 2 heterocycles. The minimum Gasteiger partial charge on any atom is -0.454 e. The normalized spacial score (nSPS) is 12.5. The first-order valence-electron chi connectivity index (χ1n) is 5.08. The molecule has 0 spiro atoms. The quantitative estimate of drug-likeness (QED) is 0.887. The Hall–Kier alpha value is -2.01. The number of benzene rings is 1. The summed E-state index contributed by atoms with van der Waals surface area (Å²) in [6.45, 7) is 0.196. The van der Waals surface area contributed by atoms with Crippen molar-refractivity contribution in [2.24, 2.45) is 0 Å². The molecular weight excluding hydrogens is 238 g/mol. The van der Waals surface area contributed by atoms with Gasteiger partial charge in [-0.15, -0.1) is 11.3 Å². The first kappa shape index (κ1) is 10.2. The average Bonchev–Trinajstić information content (AvgIpc) is 3.00. The first-order valence-corrected chi connectivity index (χ1v) is 5.96. The molecule has 1 aliphatic heterocycles. The summed E-state index contributed by atoms with van der Waals surface area (Å²) < 4.78 is 10.6. The highest BCUT2D eigenvalue weighted by molar-refractivity contribution is 7.12. The summed E-state index contributed by atoms with van der Waals surface area (Å²) in [5.41, 5.74) is 0.637. The number of thiophene rings is 1. The molecule has 1 N–H and O–H groups in total. The Labute approximate surface area is 102 Å². The van der Waals surface area contributed by atoms with Crippen molar-refractivity contribution in [2.75, 3.05) is 12.1 Å². The molecule has 0 radical (unpaired) electrons. The van der Waals surface area contributed by atoms with Gasteiger partial charge in [0.15, 0.2) is 11.5 Å². The molecule has 0 atom stereocenters. The number of nitrogens with one attached hydrogen (secondary N) is 1. The minimum absolute atomic E-state index is 0.135. The van der Waals surface area contributed by atoms with Crippen molar-refractivity contribution in [2.45, 2.75) is 0 Å². The molecular formula is C12H9NO3S. The number of carbonyl (C=O) groups excluding carboxylic acids is 1. The summed E-state index contributed by atoms with van der Waals surface area (Å²) in [4.78, 5) is 12.5. The van der Waals surface area contributed by atoms with Crippen LogP contribution >= 0.6 is 11.3 Å². The van der Waals surface area contributed by atoms with Gasteiger partial charge >= 0.3 is 0 Å². The number of anilines is 1. The molecule has 5 heteroatoms. The zero-order chi connectivity index (χ0) is 11.7. The van der Waals surface area contributed by atoms with Crippen LogP contribution in [0.5, 0.6) is 11.5 Å². The van der Waals surface area contributed by atoms with Crippen LogP contribution in [-0.2, 0) is 0 Å². The van der Waals surface area contributed by atoms with Gasteiger partial charge in [-0.3, -0.25) is 4.79 Å². The number of fused-ring (bicyclic) bond motifs is 1. The Morgan fingerprint density at radius 1 is 1.24 bits per heavy atom. The molecule has 4 nitrogen and oxygen atoms in total. The van der Waals surface area contributed by atoms with E-state index >= 15 is 0 Å². The van der Waals surface area contributed by atoms with Gasteiger partial charge in [0.25, 0.3) is 5.91 Å². The monoisotopic (exact) mass is 247 g/mol. The van der Waals surface area contributed by atoms with Crippen molar-refractivity contribution < 1.29 is 14.3 Å². The average molecular weight is 247 g/mol. The Morgan fingerprint density at radius 3 is 3.00 bits per heavy atom. The van der Waals surface area contributed by atoms with Crippen LogP contribution in [0, 0.1) is 0 Å². The maximum atomic E-state index is 11.9. The van der Waals surface area contributed by atoms with Crippen LogP contribution in [0.4, 0.5) is 5.69 Å². The summed E-state index contributed by atoms with van der Waals surface area (Å²) in [7, 11) is 0. The van der Waals surface area contributed by atoms with Gasteiger partial charge in [0, 0.05) is 0 Å². The third-order valence-electron chi connectivity index (χ3n) is 2.39. The van der Waals surface area contributed by atoms with Crippen molar-refractivity contribution in [1.29, 1.82) is 0 Å². The molecule has 1 amide bonds. The van der Waals surface area contributed by atoms with E-state index in [-0.39, 0.29) is 12.7 Å². The van der Waals surface area contributed by atoms with Crippen LogP contribution in [0.15, 0.2) is 35.7 Å². The van der Waals surface area contributed by atoms with E-state index in [1.165, 1.54) is 11.3 Å². The zero-order valence-electron chi connectivity index (χ0n) is 8.80. The second-order valence-electron chi connectivity index (χ2n) is 3.47. The Morgan fingerprint density at radius 2 is 2.18 bits per heavy atom. The molecule has 0 saturated heterocycles. The van der Waals surface area contributed by atoms with Crippen molar-refractivity contribution in [3.63, 3.8) is 0 Å². The molecule has 1 aromatic carbocycles. The number of hydrogen-bond acceptors (Lipinski definition) is 4. The van der Waals surface area contributed by atoms with Gasteiger partial charge in [0.1, 0.15) is 0 Å². The predicted molar refractivity (Wildman–Crippen MR) is 64.8 cm³/mol.